The van der Waals surface area contributed by atoms with Crippen LogP contribution < -0.4 is 29.6 Å². The highest BCUT2D eigenvalue weighted by atomic mass is 127. The van der Waals surface area contributed by atoms with E-state index in [2.05, 4.69) is 15.6 Å². The third-order valence-electron chi connectivity index (χ3n) is 4.17. The molecule has 0 spiro atoms. The minimum atomic E-state index is 0. The first-order valence-corrected chi connectivity index (χ1v) is 9.09. The van der Waals surface area contributed by atoms with Crippen molar-refractivity contribution >= 4 is 29.9 Å². The minimum Gasteiger partial charge on any atom is -0.497 e. The average Bonchev–Trinajstić information content (AvgIpc) is 2.75. The van der Waals surface area contributed by atoms with Crippen LogP contribution in [0.2, 0.25) is 0 Å². The van der Waals surface area contributed by atoms with E-state index in [1.165, 1.54) is 0 Å². The number of guanidine groups is 1. The number of aliphatic imine (C=N–C) groups is 1. The van der Waals surface area contributed by atoms with Gasteiger partial charge in [-0.25, -0.2) is 4.99 Å². The summed E-state index contributed by atoms with van der Waals surface area (Å²) in [5, 5.41) is 6.58. The Morgan fingerprint density at radius 2 is 1.41 bits per heavy atom. The summed E-state index contributed by atoms with van der Waals surface area (Å²) in [5.74, 6) is 3.59. The van der Waals surface area contributed by atoms with Crippen molar-refractivity contribution in [2.24, 2.45) is 4.99 Å². The summed E-state index contributed by atoms with van der Waals surface area (Å²) in [7, 11) is 6.52. The predicted molar refractivity (Wildman–Crippen MR) is 126 cm³/mol. The third kappa shape index (κ3) is 7.19. The van der Waals surface area contributed by atoms with Crippen LogP contribution in [0.4, 0.5) is 0 Å². The molecule has 2 N–H and O–H groups in total. The Balaban J connectivity index is 0.00000420. The second-order valence-electron chi connectivity index (χ2n) is 5.91. The second kappa shape index (κ2) is 13.0. The zero-order valence-corrected chi connectivity index (χ0v) is 19.9. The molecule has 0 amide bonds. The second-order valence-corrected chi connectivity index (χ2v) is 5.91. The number of hydrogen-bond donors (Lipinski definition) is 2. The number of methoxy groups -OCH3 is 4. The molecule has 0 bridgehead atoms. The standard InChI is InChI=1S/C21H29N3O4.HI/c1-6-22-21(23-13-15-7-9-16(25-2)10-8-15)24-14-18-19(27-4)11-17(26-3)12-20(18)28-5;/h7-12H,6,13-14H2,1-5H3,(H2,22,23,24);1H. The van der Waals surface area contributed by atoms with Crippen LogP contribution in [0.3, 0.4) is 0 Å². The molecule has 0 fully saturated rings. The van der Waals surface area contributed by atoms with Gasteiger partial charge in [0.05, 0.1) is 47.1 Å². The number of nitrogens with zero attached hydrogens (tertiary/aromatic N) is 1. The van der Waals surface area contributed by atoms with E-state index in [9.17, 15) is 0 Å². The van der Waals surface area contributed by atoms with Crippen molar-refractivity contribution in [1.29, 1.82) is 0 Å². The van der Waals surface area contributed by atoms with Gasteiger partial charge in [-0.15, -0.1) is 24.0 Å². The highest BCUT2D eigenvalue weighted by molar-refractivity contribution is 14.0. The van der Waals surface area contributed by atoms with Crippen LogP contribution in [-0.4, -0.2) is 40.9 Å². The summed E-state index contributed by atoms with van der Waals surface area (Å²) >= 11 is 0. The molecule has 0 aromatic heterocycles. The minimum absolute atomic E-state index is 0. The van der Waals surface area contributed by atoms with Crippen molar-refractivity contribution in [2.75, 3.05) is 35.0 Å². The van der Waals surface area contributed by atoms with Crippen LogP contribution in [0.1, 0.15) is 18.1 Å². The fourth-order valence-corrected chi connectivity index (χ4v) is 2.67. The largest absolute Gasteiger partial charge is 0.497 e. The monoisotopic (exact) mass is 515 g/mol. The number of nitrogens with one attached hydrogen (secondary N) is 2. The molecule has 160 valence electrons. The van der Waals surface area contributed by atoms with Gasteiger partial charge in [0.1, 0.15) is 23.0 Å². The molecule has 0 radical (unpaired) electrons. The molecular formula is C21H30IN3O4. The summed E-state index contributed by atoms with van der Waals surface area (Å²) in [6.45, 7) is 3.82. The van der Waals surface area contributed by atoms with E-state index in [0.29, 0.717) is 36.3 Å². The Hall–Kier alpha value is -2.36. The Kier molecular flexibility index (Phi) is 11.0. The molecule has 0 aliphatic rings. The molecular weight excluding hydrogens is 485 g/mol. The summed E-state index contributed by atoms with van der Waals surface area (Å²) < 4.78 is 21.5. The van der Waals surface area contributed by atoms with Crippen molar-refractivity contribution in [3.05, 3.63) is 47.5 Å². The number of hydrogen-bond acceptors (Lipinski definition) is 5. The van der Waals surface area contributed by atoms with Crippen LogP contribution in [-0.2, 0) is 13.1 Å². The third-order valence-corrected chi connectivity index (χ3v) is 4.17. The molecule has 0 atom stereocenters. The molecule has 8 heteroatoms. The van der Waals surface area contributed by atoms with Gasteiger partial charge >= 0.3 is 0 Å². The summed E-state index contributed by atoms with van der Waals surface area (Å²) in [5.41, 5.74) is 1.98. The van der Waals surface area contributed by atoms with Crippen LogP contribution in [0, 0.1) is 0 Å². The van der Waals surface area contributed by atoms with Crippen LogP contribution in [0.25, 0.3) is 0 Å². The van der Waals surface area contributed by atoms with Gasteiger partial charge in [0.2, 0.25) is 0 Å². The van der Waals surface area contributed by atoms with E-state index in [-0.39, 0.29) is 24.0 Å². The van der Waals surface area contributed by atoms with E-state index in [4.69, 9.17) is 18.9 Å². The molecule has 0 unspecified atom stereocenters. The van der Waals surface area contributed by atoms with Crippen LogP contribution in [0.15, 0.2) is 41.4 Å². The lowest BCUT2D eigenvalue weighted by molar-refractivity contribution is 0.368. The molecule has 2 aromatic carbocycles. The van der Waals surface area contributed by atoms with Crippen LogP contribution in [0.5, 0.6) is 23.0 Å². The molecule has 0 heterocycles. The van der Waals surface area contributed by atoms with E-state index in [1.807, 2.05) is 43.3 Å². The Bertz CT molecular complexity index is 757. The quantitative estimate of drug-likeness (QED) is 0.302. The van der Waals surface area contributed by atoms with Crippen molar-refractivity contribution in [1.82, 2.24) is 10.6 Å². The number of ether oxygens (including phenoxy) is 4. The van der Waals surface area contributed by atoms with Gasteiger partial charge in [-0.2, -0.15) is 0 Å². The van der Waals surface area contributed by atoms with Gasteiger partial charge in [-0.1, -0.05) is 12.1 Å². The van der Waals surface area contributed by atoms with Crippen LogP contribution >= 0.6 is 24.0 Å². The number of rotatable bonds is 9. The smallest absolute Gasteiger partial charge is 0.191 e. The van der Waals surface area contributed by atoms with Crippen molar-refractivity contribution in [3.63, 3.8) is 0 Å². The topological polar surface area (TPSA) is 73.3 Å². The Labute approximate surface area is 189 Å². The summed E-state index contributed by atoms with van der Waals surface area (Å²) in [4.78, 5) is 4.65. The SMILES string of the molecule is CCNC(=NCc1ccc(OC)cc1)NCc1c(OC)cc(OC)cc1OC.I. The zero-order chi connectivity index (χ0) is 20.4. The molecule has 7 nitrogen and oxygen atoms in total. The lowest BCUT2D eigenvalue weighted by Gasteiger charge is -2.17. The molecule has 0 saturated carbocycles. The molecule has 2 rings (SSSR count). The lowest BCUT2D eigenvalue weighted by atomic mass is 10.1. The van der Waals surface area contributed by atoms with Gasteiger partial charge < -0.3 is 29.6 Å². The Morgan fingerprint density at radius 3 is 1.90 bits per heavy atom. The molecule has 0 saturated heterocycles. The summed E-state index contributed by atoms with van der Waals surface area (Å²) in [6.07, 6.45) is 0. The van der Waals surface area contributed by atoms with Crippen molar-refractivity contribution in [3.8, 4) is 23.0 Å². The van der Waals surface area contributed by atoms with E-state index >= 15 is 0 Å². The fraction of sp³-hybridized carbons (Fsp3) is 0.381. The van der Waals surface area contributed by atoms with Gasteiger partial charge in [0.25, 0.3) is 0 Å². The van der Waals surface area contributed by atoms with E-state index < -0.39 is 0 Å². The predicted octanol–water partition coefficient (Wildman–Crippen LogP) is 3.59. The normalized spacial score (nSPS) is 10.6. The fourth-order valence-electron chi connectivity index (χ4n) is 2.67. The number of benzene rings is 2. The van der Waals surface area contributed by atoms with E-state index in [0.717, 1.165) is 23.4 Å². The van der Waals surface area contributed by atoms with Gasteiger partial charge in [-0.3, -0.25) is 0 Å². The maximum Gasteiger partial charge on any atom is 0.191 e. The first-order valence-electron chi connectivity index (χ1n) is 9.09. The van der Waals surface area contributed by atoms with E-state index in [1.54, 1.807) is 28.4 Å². The summed E-state index contributed by atoms with van der Waals surface area (Å²) in [6, 6.07) is 11.5. The highest BCUT2D eigenvalue weighted by Crippen LogP contribution is 2.33. The maximum atomic E-state index is 5.50. The van der Waals surface area contributed by atoms with Gasteiger partial charge in [-0.05, 0) is 24.6 Å². The highest BCUT2D eigenvalue weighted by Gasteiger charge is 2.13. The molecule has 29 heavy (non-hydrogen) atoms. The Morgan fingerprint density at radius 1 is 0.828 bits per heavy atom. The maximum absolute atomic E-state index is 5.50. The van der Waals surface area contributed by atoms with Crippen molar-refractivity contribution in [2.45, 2.75) is 20.0 Å². The van der Waals surface area contributed by atoms with Crippen molar-refractivity contribution < 1.29 is 18.9 Å². The molecule has 0 aliphatic heterocycles. The number of halogens is 1. The van der Waals surface area contributed by atoms with Gasteiger partial charge in [0, 0.05) is 18.7 Å². The lowest BCUT2D eigenvalue weighted by Crippen LogP contribution is -2.37. The first kappa shape index (κ1) is 24.7. The first-order chi connectivity index (χ1) is 13.6. The average molecular weight is 515 g/mol. The zero-order valence-electron chi connectivity index (χ0n) is 17.6. The molecule has 0 aliphatic carbocycles. The van der Waals surface area contributed by atoms with Gasteiger partial charge in [0.15, 0.2) is 5.96 Å². The molecule has 2 aromatic rings.